The number of hydrogen-bond acceptors (Lipinski definition) is 3. The van der Waals surface area contributed by atoms with Crippen molar-refractivity contribution in [3.8, 4) is 0 Å². The summed E-state index contributed by atoms with van der Waals surface area (Å²) in [6.07, 6.45) is 0. The molecule has 20 heavy (non-hydrogen) atoms. The lowest BCUT2D eigenvalue weighted by Crippen LogP contribution is -2.58. The van der Waals surface area contributed by atoms with Crippen LogP contribution in [0.5, 0.6) is 0 Å². The molecular weight excluding hydrogens is 272 g/mol. The molecule has 112 valence electrons. The maximum atomic E-state index is 12.6. The molecule has 1 heterocycles. The predicted octanol–water partition coefficient (Wildman–Crippen LogP) is 1.80. The van der Waals surface area contributed by atoms with E-state index < -0.39 is 10.0 Å². The summed E-state index contributed by atoms with van der Waals surface area (Å²) < 4.78 is 26.7. The molecule has 0 saturated carbocycles. The first kappa shape index (κ1) is 15.5. The number of nitrogens with zero attached hydrogens (tertiary/aromatic N) is 1. The molecule has 0 aliphatic carbocycles. The first-order valence-electron chi connectivity index (χ1n) is 7.08. The topological polar surface area (TPSA) is 49.4 Å². The molecular formula is C15H24N2O2S. The van der Waals surface area contributed by atoms with Gasteiger partial charge in [0.1, 0.15) is 0 Å². The lowest BCUT2D eigenvalue weighted by molar-refractivity contribution is 0.233. The van der Waals surface area contributed by atoms with E-state index in [1.54, 1.807) is 4.31 Å². The molecule has 1 aliphatic heterocycles. The Hall–Kier alpha value is -0.910. The lowest BCUT2D eigenvalue weighted by Gasteiger charge is -2.38. The third-order valence-corrected chi connectivity index (χ3v) is 5.78. The molecule has 1 unspecified atom stereocenters. The molecule has 0 bridgehead atoms. The normalized spacial score (nSPS) is 21.6. The highest BCUT2D eigenvalue weighted by atomic mass is 32.2. The molecule has 4 nitrogen and oxygen atoms in total. The summed E-state index contributed by atoms with van der Waals surface area (Å²) in [6.45, 7) is 7.86. The maximum absolute atomic E-state index is 12.6. The number of piperazine rings is 1. The van der Waals surface area contributed by atoms with Gasteiger partial charge in [-0.1, -0.05) is 37.3 Å². The van der Waals surface area contributed by atoms with Crippen LogP contribution in [-0.2, 0) is 10.0 Å². The molecule has 1 aliphatic rings. The highest BCUT2D eigenvalue weighted by Crippen LogP contribution is 2.21. The van der Waals surface area contributed by atoms with Crippen molar-refractivity contribution in [2.45, 2.75) is 32.2 Å². The third kappa shape index (κ3) is 3.81. The van der Waals surface area contributed by atoms with E-state index in [0.717, 1.165) is 5.56 Å². The highest BCUT2D eigenvalue weighted by molar-refractivity contribution is 7.89. The summed E-state index contributed by atoms with van der Waals surface area (Å²) in [7, 11) is -3.21. The summed E-state index contributed by atoms with van der Waals surface area (Å²) in [6, 6.07) is 9.83. The Morgan fingerprint density at radius 1 is 1.30 bits per heavy atom. The molecule has 1 saturated heterocycles. The van der Waals surface area contributed by atoms with E-state index in [9.17, 15) is 8.42 Å². The average Bonchev–Trinajstić information content (AvgIpc) is 2.38. The fourth-order valence-corrected chi connectivity index (χ4v) is 4.56. The molecule has 1 fully saturated rings. The largest absolute Gasteiger partial charge is 0.309 e. The van der Waals surface area contributed by atoms with Gasteiger partial charge < -0.3 is 5.32 Å². The van der Waals surface area contributed by atoms with Crippen molar-refractivity contribution in [1.29, 1.82) is 0 Å². The van der Waals surface area contributed by atoms with Gasteiger partial charge in [-0.3, -0.25) is 0 Å². The van der Waals surface area contributed by atoms with Crippen molar-refractivity contribution >= 4 is 10.0 Å². The SMILES string of the molecule is CC(CS(=O)(=O)N1CCNC(C)(C)C1)c1ccccc1. The van der Waals surface area contributed by atoms with Crippen LogP contribution in [-0.4, -0.2) is 43.6 Å². The number of sulfonamides is 1. The Morgan fingerprint density at radius 2 is 1.95 bits per heavy atom. The molecule has 0 radical (unpaired) electrons. The molecule has 2 rings (SSSR count). The van der Waals surface area contributed by atoms with Gasteiger partial charge in [0.25, 0.3) is 0 Å². The van der Waals surface area contributed by atoms with E-state index in [2.05, 4.69) is 5.32 Å². The summed E-state index contributed by atoms with van der Waals surface area (Å²) in [5.41, 5.74) is 0.923. The van der Waals surface area contributed by atoms with E-state index in [1.165, 1.54) is 0 Å². The van der Waals surface area contributed by atoms with Crippen molar-refractivity contribution in [2.24, 2.45) is 0 Å². The Kier molecular flexibility index (Phi) is 4.52. The van der Waals surface area contributed by atoms with Crippen molar-refractivity contribution in [2.75, 3.05) is 25.4 Å². The van der Waals surface area contributed by atoms with Crippen LogP contribution < -0.4 is 5.32 Å². The highest BCUT2D eigenvalue weighted by Gasteiger charge is 2.33. The first-order chi connectivity index (χ1) is 9.30. The van der Waals surface area contributed by atoms with Crippen LogP contribution in [0.1, 0.15) is 32.3 Å². The minimum atomic E-state index is -3.21. The fourth-order valence-electron chi connectivity index (χ4n) is 2.63. The van der Waals surface area contributed by atoms with Crippen LogP contribution in [0.3, 0.4) is 0 Å². The van der Waals surface area contributed by atoms with Crippen LogP contribution in [0.15, 0.2) is 30.3 Å². The Labute approximate surface area is 122 Å². The van der Waals surface area contributed by atoms with Gasteiger partial charge >= 0.3 is 0 Å². The second kappa shape index (κ2) is 5.84. The summed E-state index contributed by atoms with van der Waals surface area (Å²) >= 11 is 0. The molecule has 1 atom stereocenters. The Bertz CT molecular complexity index is 540. The van der Waals surface area contributed by atoms with Gasteiger partial charge in [0.05, 0.1) is 5.75 Å². The van der Waals surface area contributed by atoms with Crippen molar-refractivity contribution in [3.05, 3.63) is 35.9 Å². The van der Waals surface area contributed by atoms with Gasteiger partial charge in [-0.15, -0.1) is 0 Å². The Balaban J connectivity index is 2.07. The quantitative estimate of drug-likeness (QED) is 0.922. The van der Waals surface area contributed by atoms with Crippen LogP contribution in [0.25, 0.3) is 0 Å². The zero-order chi connectivity index (χ0) is 14.8. The van der Waals surface area contributed by atoms with Gasteiger partial charge in [-0.05, 0) is 25.3 Å². The number of benzene rings is 1. The first-order valence-corrected chi connectivity index (χ1v) is 8.69. The van der Waals surface area contributed by atoms with Gasteiger partial charge in [-0.2, -0.15) is 4.31 Å². The van der Waals surface area contributed by atoms with Crippen molar-refractivity contribution in [3.63, 3.8) is 0 Å². The maximum Gasteiger partial charge on any atom is 0.214 e. The minimum absolute atomic E-state index is 0.0131. The smallest absolute Gasteiger partial charge is 0.214 e. The van der Waals surface area contributed by atoms with Crippen LogP contribution >= 0.6 is 0 Å². The molecule has 1 aromatic carbocycles. The van der Waals surface area contributed by atoms with E-state index in [4.69, 9.17) is 0 Å². The van der Waals surface area contributed by atoms with E-state index in [0.29, 0.717) is 19.6 Å². The number of rotatable bonds is 4. The average molecular weight is 296 g/mol. The minimum Gasteiger partial charge on any atom is -0.309 e. The summed E-state index contributed by atoms with van der Waals surface area (Å²) in [5, 5.41) is 3.34. The standard InChI is InChI=1S/C15H24N2O2S/c1-13(14-7-5-4-6-8-14)11-20(18,19)17-10-9-16-15(2,3)12-17/h4-8,13,16H,9-12H2,1-3H3. The molecule has 1 aromatic rings. The van der Waals surface area contributed by atoms with Gasteiger partial charge in [0.15, 0.2) is 0 Å². The van der Waals surface area contributed by atoms with E-state index in [1.807, 2.05) is 51.1 Å². The molecule has 0 aromatic heterocycles. The summed E-state index contributed by atoms with van der Waals surface area (Å²) in [5.74, 6) is 0.187. The number of nitrogens with one attached hydrogen (secondary N) is 1. The monoisotopic (exact) mass is 296 g/mol. The van der Waals surface area contributed by atoms with Crippen LogP contribution in [0, 0.1) is 0 Å². The van der Waals surface area contributed by atoms with Gasteiger partial charge in [0.2, 0.25) is 10.0 Å². The van der Waals surface area contributed by atoms with E-state index >= 15 is 0 Å². The van der Waals surface area contributed by atoms with Gasteiger partial charge in [-0.25, -0.2) is 8.42 Å². The van der Waals surface area contributed by atoms with Crippen molar-refractivity contribution in [1.82, 2.24) is 9.62 Å². The molecule has 5 heteroatoms. The molecule has 0 spiro atoms. The van der Waals surface area contributed by atoms with E-state index in [-0.39, 0.29) is 17.2 Å². The zero-order valence-corrected chi connectivity index (χ0v) is 13.3. The summed E-state index contributed by atoms with van der Waals surface area (Å²) in [4.78, 5) is 0. The molecule has 1 N–H and O–H groups in total. The lowest BCUT2D eigenvalue weighted by atomic mass is 10.0. The fraction of sp³-hybridized carbons (Fsp3) is 0.600. The predicted molar refractivity (Wildman–Crippen MR) is 82.3 cm³/mol. The van der Waals surface area contributed by atoms with Crippen LogP contribution in [0.4, 0.5) is 0 Å². The second-order valence-corrected chi connectivity index (χ2v) is 8.25. The number of hydrogen-bond donors (Lipinski definition) is 1. The second-order valence-electron chi connectivity index (χ2n) is 6.23. The zero-order valence-electron chi connectivity index (χ0n) is 12.5. The third-order valence-electron chi connectivity index (χ3n) is 3.76. The van der Waals surface area contributed by atoms with Crippen molar-refractivity contribution < 1.29 is 8.42 Å². The van der Waals surface area contributed by atoms with Crippen LogP contribution in [0.2, 0.25) is 0 Å². The van der Waals surface area contributed by atoms with Gasteiger partial charge in [0, 0.05) is 25.2 Å². The Morgan fingerprint density at radius 3 is 2.55 bits per heavy atom. The molecule has 0 amide bonds.